The summed E-state index contributed by atoms with van der Waals surface area (Å²) < 4.78 is 0. The molecule has 1 aromatic heterocycles. The maximum atomic E-state index is 11.1. The van der Waals surface area contributed by atoms with Crippen LogP contribution in [0, 0.1) is 17.0 Å². The molecular formula is C14H13N3O4. The van der Waals surface area contributed by atoms with Crippen LogP contribution in [-0.2, 0) is 6.54 Å². The van der Waals surface area contributed by atoms with Gasteiger partial charge < -0.3 is 10.4 Å². The number of rotatable bonds is 5. The Morgan fingerprint density at radius 1 is 1.38 bits per heavy atom. The van der Waals surface area contributed by atoms with Gasteiger partial charge in [0.1, 0.15) is 17.6 Å². The monoisotopic (exact) mass is 287 g/mol. The number of carbonyl (C=O) groups is 1. The summed E-state index contributed by atoms with van der Waals surface area (Å²) in [5.74, 6) is -1.16. The molecular weight excluding hydrogens is 274 g/mol. The molecule has 21 heavy (non-hydrogen) atoms. The van der Waals surface area contributed by atoms with Gasteiger partial charge in [0, 0.05) is 12.6 Å². The minimum atomic E-state index is -1.27. The summed E-state index contributed by atoms with van der Waals surface area (Å²) in [6.07, 6.45) is 1.03. The van der Waals surface area contributed by atoms with Crippen molar-refractivity contribution >= 4 is 17.5 Å². The number of carboxylic acid groups (broad SMARTS) is 1. The van der Waals surface area contributed by atoms with Crippen LogP contribution >= 0.6 is 0 Å². The maximum Gasteiger partial charge on any atom is 0.339 e. The van der Waals surface area contributed by atoms with Crippen molar-refractivity contribution < 1.29 is 14.8 Å². The van der Waals surface area contributed by atoms with Gasteiger partial charge in [0.15, 0.2) is 0 Å². The first-order valence-corrected chi connectivity index (χ1v) is 6.14. The van der Waals surface area contributed by atoms with E-state index >= 15 is 0 Å². The molecule has 0 radical (unpaired) electrons. The zero-order valence-electron chi connectivity index (χ0n) is 11.2. The van der Waals surface area contributed by atoms with Gasteiger partial charge in [0.05, 0.1) is 4.92 Å². The number of pyridine rings is 1. The highest BCUT2D eigenvalue weighted by Gasteiger charge is 2.17. The molecule has 0 saturated carbocycles. The lowest BCUT2D eigenvalue weighted by molar-refractivity contribution is -0.385. The topological polar surface area (TPSA) is 105 Å². The van der Waals surface area contributed by atoms with E-state index in [9.17, 15) is 14.9 Å². The van der Waals surface area contributed by atoms with Crippen LogP contribution in [0.5, 0.6) is 0 Å². The highest BCUT2D eigenvalue weighted by molar-refractivity contribution is 5.93. The SMILES string of the molecule is Cc1ccc(CNc2ncc([N+](=O)[O-])cc2C(=O)O)cc1. The van der Waals surface area contributed by atoms with Crippen LogP contribution in [0.15, 0.2) is 36.5 Å². The van der Waals surface area contributed by atoms with Crippen molar-refractivity contribution in [3.05, 3.63) is 63.3 Å². The number of benzene rings is 1. The number of nitrogens with zero attached hydrogens (tertiary/aromatic N) is 2. The molecule has 0 aliphatic heterocycles. The Bertz CT molecular complexity index is 683. The number of nitro groups is 1. The van der Waals surface area contributed by atoms with Gasteiger partial charge in [-0.05, 0) is 12.5 Å². The lowest BCUT2D eigenvalue weighted by Crippen LogP contribution is -2.09. The molecule has 0 atom stereocenters. The summed E-state index contributed by atoms with van der Waals surface area (Å²) >= 11 is 0. The standard InChI is InChI=1S/C14H13N3O4/c1-9-2-4-10(5-3-9)7-15-13-12(14(18)19)6-11(8-16-13)17(20)21/h2-6,8H,7H2,1H3,(H,15,16)(H,18,19). The zero-order valence-corrected chi connectivity index (χ0v) is 11.2. The van der Waals surface area contributed by atoms with Gasteiger partial charge in [-0.3, -0.25) is 10.1 Å². The Hall–Kier alpha value is -2.96. The van der Waals surface area contributed by atoms with E-state index < -0.39 is 10.9 Å². The number of hydrogen-bond acceptors (Lipinski definition) is 5. The second kappa shape index (κ2) is 6.00. The van der Waals surface area contributed by atoms with E-state index in [1.165, 1.54) is 0 Å². The average Bonchev–Trinajstić information content (AvgIpc) is 2.46. The Kier molecular flexibility index (Phi) is 4.13. The van der Waals surface area contributed by atoms with Gasteiger partial charge >= 0.3 is 5.97 Å². The summed E-state index contributed by atoms with van der Waals surface area (Å²) in [6, 6.07) is 8.70. The number of aromatic carboxylic acids is 1. The van der Waals surface area contributed by atoms with Crippen LogP contribution < -0.4 is 5.32 Å². The number of hydrogen-bond donors (Lipinski definition) is 2. The van der Waals surface area contributed by atoms with Crippen LogP contribution in [0.3, 0.4) is 0 Å². The first-order valence-electron chi connectivity index (χ1n) is 6.14. The van der Waals surface area contributed by atoms with Crippen LogP contribution in [0.25, 0.3) is 0 Å². The number of aromatic nitrogens is 1. The maximum absolute atomic E-state index is 11.1. The zero-order chi connectivity index (χ0) is 15.4. The van der Waals surface area contributed by atoms with E-state index in [2.05, 4.69) is 10.3 Å². The van der Waals surface area contributed by atoms with Gasteiger partial charge in [-0.1, -0.05) is 29.8 Å². The van der Waals surface area contributed by atoms with Crippen molar-refractivity contribution in [3.8, 4) is 0 Å². The third-order valence-corrected chi connectivity index (χ3v) is 2.90. The van der Waals surface area contributed by atoms with Gasteiger partial charge in [-0.25, -0.2) is 9.78 Å². The Labute approximate surface area is 120 Å². The minimum Gasteiger partial charge on any atom is -0.478 e. The van der Waals surface area contributed by atoms with E-state index in [4.69, 9.17) is 5.11 Å². The van der Waals surface area contributed by atoms with Crippen molar-refractivity contribution in [1.29, 1.82) is 0 Å². The fourth-order valence-electron chi connectivity index (χ4n) is 1.75. The van der Waals surface area contributed by atoms with E-state index in [0.717, 1.165) is 23.4 Å². The summed E-state index contributed by atoms with van der Waals surface area (Å²) in [5, 5.41) is 22.6. The third kappa shape index (κ3) is 3.53. The predicted molar refractivity (Wildman–Crippen MR) is 76.4 cm³/mol. The molecule has 0 fully saturated rings. The van der Waals surface area contributed by atoms with Crippen LogP contribution in [0.2, 0.25) is 0 Å². The smallest absolute Gasteiger partial charge is 0.339 e. The van der Waals surface area contributed by atoms with Crippen LogP contribution in [0.1, 0.15) is 21.5 Å². The highest BCUT2D eigenvalue weighted by atomic mass is 16.6. The second-order valence-corrected chi connectivity index (χ2v) is 4.49. The molecule has 0 unspecified atom stereocenters. The van der Waals surface area contributed by atoms with Gasteiger partial charge in [-0.15, -0.1) is 0 Å². The molecule has 2 aromatic rings. The fourth-order valence-corrected chi connectivity index (χ4v) is 1.75. The molecule has 1 aromatic carbocycles. The minimum absolute atomic E-state index is 0.105. The van der Waals surface area contributed by atoms with E-state index in [0.29, 0.717) is 6.54 Å². The first-order chi connectivity index (χ1) is 9.97. The molecule has 1 heterocycles. The quantitative estimate of drug-likeness (QED) is 0.646. The van der Waals surface area contributed by atoms with Crippen molar-refractivity contribution in [2.45, 2.75) is 13.5 Å². The van der Waals surface area contributed by atoms with Crippen molar-refractivity contribution in [2.24, 2.45) is 0 Å². The van der Waals surface area contributed by atoms with Crippen molar-refractivity contribution in [3.63, 3.8) is 0 Å². The number of anilines is 1. The van der Waals surface area contributed by atoms with Gasteiger partial charge in [0.2, 0.25) is 0 Å². The van der Waals surface area contributed by atoms with Gasteiger partial charge in [-0.2, -0.15) is 0 Å². The average molecular weight is 287 g/mol. The first kappa shape index (κ1) is 14.4. The molecule has 0 amide bonds. The second-order valence-electron chi connectivity index (χ2n) is 4.49. The molecule has 2 rings (SSSR count). The molecule has 7 nitrogen and oxygen atoms in total. The van der Waals surface area contributed by atoms with Crippen LogP contribution in [-0.4, -0.2) is 21.0 Å². The Balaban J connectivity index is 2.21. The van der Waals surface area contributed by atoms with Crippen molar-refractivity contribution in [1.82, 2.24) is 4.98 Å². The lowest BCUT2D eigenvalue weighted by atomic mass is 10.1. The summed E-state index contributed by atoms with van der Waals surface area (Å²) in [4.78, 5) is 24.9. The molecule has 0 aliphatic rings. The number of carboxylic acids is 1. The highest BCUT2D eigenvalue weighted by Crippen LogP contribution is 2.19. The molecule has 0 saturated heterocycles. The molecule has 0 spiro atoms. The lowest BCUT2D eigenvalue weighted by Gasteiger charge is -2.08. The molecule has 108 valence electrons. The number of nitrogens with one attached hydrogen (secondary N) is 1. The van der Waals surface area contributed by atoms with E-state index in [1.54, 1.807) is 0 Å². The Morgan fingerprint density at radius 2 is 2.05 bits per heavy atom. The normalized spacial score (nSPS) is 10.1. The summed E-state index contributed by atoms with van der Waals surface area (Å²) in [6.45, 7) is 2.35. The third-order valence-electron chi connectivity index (χ3n) is 2.90. The van der Waals surface area contributed by atoms with E-state index in [-0.39, 0.29) is 17.1 Å². The fraction of sp³-hybridized carbons (Fsp3) is 0.143. The molecule has 7 heteroatoms. The molecule has 0 aliphatic carbocycles. The summed E-state index contributed by atoms with van der Waals surface area (Å²) in [7, 11) is 0. The number of aryl methyl sites for hydroxylation is 1. The molecule has 2 N–H and O–H groups in total. The van der Waals surface area contributed by atoms with Gasteiger partial charge in [0.25, 0.3) is 5.69 Å². The largest absolute Gasteiger partial charge is 0.478 e. The molecule has 0 bridgehead atoms. The predicted octanol–water partition coefficient (Wildman–Crippen LogP) is 2.61. The Morgan fingerprint density at radius 3 is 2.62 bits per heavy atom. The van der Waals surface area contributed by atoms with Crippen LogP contribution in [0.4, 0.5) is 11.5 Å². The van der Waals surface area contributed by atoms with Crippen molar-refractivity contribution in [2.75, 3.05) is 5.32 Å². The van der Waals surface area contributed by atoms with E-state index in [1.807, 2.05) is 31.2 Å². The summed E-state index contributed by atoms with van der Waals surface area (Å²) in [5.41, 5.74) is 1.50.